The summed E-state index contributed by atoms with van der Waals surface area (Å²) in [6, 6.07) is 4.56. The summed E-state index contributed by atoms with van der Waals surface area (Å²) in [4.78, 5) is 11.7. The molecule has 0 spiro atoms. The van der Waals surface area contributed by atoms with Crippen molar-refractivity contribution in [3.63, 3.8) is 0 Å². The molecular weight excluding hydrogens is 345 g/mol. The van der Waals surface area contributed by atoms with Crippen LogP contribution in [0.1, 0.15) is 48.0 Å². The highest BCUT2D eigenvalue weighted by Gasteiger charge is 2.40. The lowest BCUT2D eigenvalue weighted by Crippen LogP contribution is -2.13. The van der Waals surface area contributed by atoms with E-state index in [9.17, 15) is 18.0 Å². The zero-order chi connectivity index (χ0) is 18.7. The molecule has 2 saturated carbocycles. The molecule has 3 nitrogen and oxygen atoms in total. The number of halogens is 3. The van der Waals surface area contributed by atoms with Gasteiger partial charge in [0.1, 0.15) is 5.75 Å². The minimum absolute atomic E-state index is 0.190. The average Bonchev–Trinajstić information content (AvgIpc) is 3.47. The Labute approximate surface area is 150 Å². The summed E-state index contributed by atoms with van der Waals surface area (Å²) in [5.41, 5.74) is 0.729. The van der Waals surface area contributed by atoms with Crippen LogP contribution in [-0.2, 0) is 4.74 Å². The molecule has 0 unspecified atom stereocenters. The molecule has 1 aromatic rings. The zero-order valence-corrected chi connectivity index (χ0v) is 14.6. The third kappa shape index (κ3) is 5.17. The largest absolute Gasteiger partial charge is 0.492 e. The lowest BCUT2D eigenvalue weighted by molar-refractivity contribution is -0.139. The molecule has 140 valence electrons. The Balaban J connectivity index is 1.79. The van der Waals surface area contributed by atoms with E-state index in [-0.39, 0.29) is 11.3 Å². The Morgan fingerprint density at radius 1 is 1.23 bits per heavy atom. The number of alkyl halides is 3. The van der Waals surface area contributed by atoms with Crippen molar-refractivity contribution in [3.05, 3.63) is 29.3 Å². The van der Waals surface area contributed by atoms with Gasteiger partial charge in [0.2, 0.25) is 0 Å². The summed E-state index contributed by atoms with van der Waals surface area (Å²) in [5, 5.41) is 0. The Kier molecular flexibility index (Phi) is 5.45. The van der Waals surface area contributed by atoms with Crippen molar-refractivity contribution in [3.8, 4) is 17.6 Å². The first kappa shape index (κ1) is 18.6. The van der Waals surface area contributed by atoms with Crippen LogP contribution in [0.25, 0.3) is 0 Å². The van der Waals surface area contributed by atoms with Gasteiger partial charge >= 0.3 is 12.1 Å². The molecule has 26 heavy (non-hydrogen) atoms. The second-order valence-electron chi connectivity index (χ2n) is 6.89. The standard InChI is InChI=1S/C20H21F3O3/c1-25-19(24)16-7-6-15(18(12-16)26-11-10-20(21,22)23)8-9-17(13-2-3-13)14-4-5-14/h6-7,12-14,17H,2-5,10-11H2,1H3. The van der Waals surface area contributed by atoms with Gasteiger partial charge < -0.3 is 9.47 Å². The number of hydrogen-bond acceptors (Lipinski definition) is 3. The lowest BCUT2D eigenvalue weighted by atomic mass is 9.98. The van der Waals surface area contributed by atoms with Crippen molar-refractivity contribution in [2.75, 3.05) is 13.7 Å². The Hall–Kier alpha value is -2.16. The summed E-state index contributed by atoms with van der Waals surface area (Å²) >= 11 is 0. The van der Waals surface area contributed by atoms with Crippen LogP contribution in [0.4, 0.5) is 13.2 Å². The van der Waals surface area contributed by atoms with Crippen molar-refractivity contribution in [1.82, 2.24) is 0 Å². The van der Waals surface area contributed by atoms with Gasteiger partial charge in [0.25, 0.3) is 0 Å². The summed E-state index contributed by atoms with van der Waals surface area (Å²) < 4.78 is 47.1. The van der Waals surface area contributed by atoms with Crippen molar-refractivity contribution in [2.45, 2.75) is 38.3 Å². The summed E-state index contributed by atoms with van der Waals surface area (Å²) in [5.74, 6) is 7.66. The van der Waals surface area contributed by atoms with Gasteiger partial charge in [-0.1, -0.05) is 11.8 Å². The molecule has 0 bridgehead atoms. The second-order valence-corrected chi connectivity index (χ2v) is 6.89. The van der Waals surface area contributed by atoms with Gasteiger partial charge in [-0.3, -0.25) is 0 Å². The van der Waals surface area contributed by atoms with Crippen LogP contribution in [0, 0.1) is 29.6 Å². The maximum atomic E-state index is 12.4. The van der Waals surface area contributed by atoms with Crippen molar-refractivity contribution in [1.29, 1.82) is 0 Å². The number of methoxy groups -OCH3 is 1. The monoisotopic (exact) mass is 366 g/mol. The number of benzene rings is 1. The highest BCUT2D eigenvalue weighted by molar-refractivity contribution is 5.90. The van der Waals surface area contributed by atoms with Crippen LogP contribution in [-0.4, -0.2) is 25.9 Å². The van der Waals surface area contributed by atoms with E-state index >= 15 is 0 Å². The van der Waals surface area contributed by atoms with Gasteiger partial charge in [0.05, 0.1) is 31.3 Å². The predicted molar refractivity (Wildman–Crippen MR) is 89.8 cm³/mol. The van der Waals surface area contributed by atoms with Gasteiger partial charge in [-0.15, -0.1) is 0 Å². The van der Waals surface area contributed by atoms with E-state index in [0.29, 0.717) is 23.3 Å². The van der Waals surface area contributed by atoms with Crippen LogP contribution < -0.4 is 4.74 Å². The first-order valence-electron chi connectivity index (χ1n) is 8.81. The summed E-state index contributed by atoms with van der Waals surface area (Å²) in [6.07, 6.45) is -0.555. The fourth-order valence-corrected chi connectivity index (χ4v) is 2.96. The van der Waals surface area contributed by atoms with Gasteiger partial charge in [-0.2, -0.15) is 13.2 Å². The van der Waals surface area contributed by atoms with E-state index in [1.165, 1.54) is 38.9 Å². The molecule has 0 aliphatic heterocycles. The van der Waals surface area contributed by atoms with E-state index in [0.717, 1.165) is 0 Å². The molecule has 0 amide bonds. The van der Waals surface area contributed by atoms with Crippen molar-refractivity contribution < 1.29 is 27.4 Å². The minimum atomic E-state index is -4.30. The molecule has 0 radical (unpaired) electrons. The van der Waals surface area contributed by atoms with Crippen LogP contribution in [0.15, 0.2) is 18.2 Å². The molecule has 6 heteroatoms. The Morgan fingerprint density at radius 3 is 2.42 bits per heavy atom. The van der Waals surface area contributed by atoms with Crippen molar-refractivity contribution >= 4 is 5.97 Å². The predicted octanol–water partition coefficient (Wildman–Crippen LogP) is 4.59. The van der Waals surface area contributed by atoms with Crippen LogP contribution >= 0.6 is 0 Å². The smallest absolute Gasteiger partial charge is 0.392 e. The normalized spacial score (nSPS) is 16.8. The van der Waals surface area contributed by atoms with Gasteiger partial charge in [-0.05, 0) is 55.7 Å². The number of ether oxygens (including phenoxy) is 2. The second kappa shape index (κ2) is 7.61. The summed E-state index contributed by atoms with van der Waals surface area (Å²) in [6.45, 7) is -0.516. The highest BCUT2D eigenvalue weighted by Crippen LogP contribution is 2.48. The lowest BCUT2D eigenvalue weighted by Gasteiger charge is -2.12. The molecule has 3 rings (SSSR count). The van der Waals surface area contributed by atoms with E-state index in [1.807, 2.05) is 0 Å². The fourth-order valence-electron chi connectivity index (χ4n) is 2.96. The molecule has 0 atom stereocenters. The quantitative estimate of drug-likeness (QED) is 0.546. The first-order chi connectivity index (χ1) is 12.4. The van der Waals surface area contributed by atoms with Crippen LogP contribution in [0.5, 0.6) is 5.75 Å². The minimum Gasteiger partial charge on any atom is -0.492 e. The number of rotatable bonds is 6. The molecule has 1 aromatic carbocycles. The zero-order valence-electron chi connectivity index (χ0n) is 14.6. The fraction of sp³-hybridized carbons (Fsp3) is 0.550. The number of carbonyl (C=O) groups excluding carboxylic acids is 1. The molecular formula is C20H21F3O3. The molecule has 0 N–H and O–H groups in total. The van der Waals surface area contributed by atoms with E-state index < -0.39 is 25.2 Å². The van der Waals surface area contributed by atoms with E-state index in [1.54, 1.807) is 12.1 Å². The van der Waals surface area contributed by atoms with Crippen LogP contribution in [0.2, 0.25) is 0 Å². The molecule has 2 fully saturated rings. The highest BCUT2D eigenvalue weighted by atomic mass is 19.4. The van der Waals surface area contributed by atoms with Crippen molar-refractivity contribution in [2.24, 2.45) is 17.8 Å². The Morgan fingerprint density at radius 2 is 1.88 bits per heavy atom. The van der Waals surface area contributed by atoms with Gasteiger partial charge in [-0.25, -0.2) is 4.79 Å². The summed E-state index contributed by atoms with van der Waals surface area (Å²) in [7, 11) is 1.25. The molecule has 0 heterocycles. The number of esters is 1. The van der Waals surface area contributed by atoms with E-state index in [2.05, 4.69) is 16.6 Å². The molecule has 2 aliphatic rings. The third-order valence-electron chi connectivity index (χ3n) is 4.68. The maximum Gasteiger partial charge on any atom is 0.392 e. The molecule has 0 saturated heterocycles. The van der Waals surface area contributed by atoms with Gasteiger partial charge in [0, 0.05) is 5.92 Å². The topological polar surface area (TPSA) is 35.5 Å². The third-order valence-corrected chi connectivity index (χ3v) is 4.68. The Bertz CT molecular complexity index is 710. The number of hydrogen-bond donors (Lipinski definition) is 0. The maximum absolute atomic E-state index is 12.4. The number of carbonyl (C=O) groups is 1. The molecule has 0 aromatic heterocycles. The van der Waals surface area contributed by atoms with Gasteiger partial charge in [0.15, 0.2) is 0 Å². The SMILES string of the molecule is COC(=O)c1ccc(C#CC(C2CC2)C2CC2)c(OCCC(F)(F)F)c1. The first-order valence-corrected chi connectivity index (χ1v) is 8.81. The van der Waals surface area contributed by atoms with E-state index in [4.69, 9.17) is 4.74 Å². The molecule has 2 aliphatic carbocycles. The average molecular weight is 366 g/mol. The van der Waals surface area contributed by atoms with Crippen LogP contribution in [0.3, 0.4) is 0 Å².